The van der Waals surface area contributed by atoms with E-state index in [2.05, 4.69) is 23.4 Å². The molecule has 0 atom stereocenters. The molecule has 0 aromatic heterocycles. The van der Waals surface area contributed by atoms with Gasteiger partial charge in [-0.3, -0.25) is 50.0 Å². The van der Waals surface area contributed by atoms with Gasteiger partial charge in [-0.05, 0) is 13.8 Å². The highest BCUT2D eigenvalue weighted by atomic mass is 16.6. The van der Waals surface area contributed by atoms with Gasteiger partial charge in [0.2, 0.25) is 0 Å². The van der Waals surface area contributed by atoms with Gasteiger partial charge in [-0.1, -0.05) is 13.2 Å². The zero-order chi connectivity index (χ0) is 28.9. The minimum Gasteiger partial charge on any atom is -0.311 e. The van der Waals surface area contributed by atoms with E-state index in [0.717, 1.165) is 24.3 Å². The van der Waals surface area contributed by atoms with Crippen molar-refractivity contribution in [1.82, 2.24) is 0 Å². The van der Waals surface area contributed by atoms with Crippen molar-refractivity contribution in [1.29, 1.82) is 0 Å². The Morgan fingerprint density at radius 1 is 0.632 bits per heavy atom. The highest BCUT2D eigenvalue weighted by Gasteiger charge is 2.30. The lowest BCUT2D eigenvalue weighted by Gasteiger charge is -2.08. The van der Waals surface area contributed by atoms with E-state index < -0.39 is 77.0 Å². The normalized spacial score (nSPS) is 10.5. The monoisotopic (exact) mass is 528 g/mol. The molecule has 0 unspecified atom stereocenters. The quantitative estimate of drug-likeness (QED) is 0.185. The molecular weight excluding hydrogens is 512 g/mol. The van der Waals surface area contributed by atoms with E-state index in [0.29, 0.717) is 0 Å². The Labute approximate surface area is 211 Å². The van der Waals surface area contributed by atoms with Crippen LogP contribution in [-0.4, -0.2) is 31.5 Å². The highest BCUT2D eigenvalue weighted by Crippen LogP contribution is 2.41. The lowest BCUT2D eigenvalue weighted by Crippen LogP contribution is -2.14. The molecule has 2 rings (SSSR count). The minimum absolute atomic E-state index is 0.0940. The molecule has 0 saturated heterocycles. The minimum atomic E-state index is -1.03. The summed E-state index contributed by atoms with van der Waals surface area (Å²) in [7, 11) is 0. The van der Waals surface area contributed by atoms with Crippen molar-refractivity contribution in [2.75, 3.05) is 10.6 Å². The molecule has 18 nitrogen and oxygen atoms in total. The largest absolute Gasteiger partial charge is 0.311 e. The number of nitrogens with zero attached hydrogens (tertiary/aromatic N) is 6. The Morgan fingerprint density at radius 2 is 0.868 bits per heavy atom. The van der Waals surface area contributed by atoms with Crippen molar-refractivity contribution < 1.29 is 29.3 Å². The summed E-state index contributed by atoms with van der Waals surface area (Å²) in [4.78, 5) is 65.9. The van der Waals surface area contributed by atoms with Crippen LogP contribution in [-0.2, 0) is 9.59 Å². The summed E-state index contributed by atoms with van der Waals surface area (Å²) >= 11 is 0. The molecule has 0 heterocycles. The third kappa shape index (κ3) is 6.38. The fraction of sp³-hybridized carbons (Fsp3) is 0.100. The third-order valence-electron chi connectivity index (χ3n) is 4.48. The van der Waals surface area contributed by atoms with Crippen LogP contribution in [0.1, 0.15) is 13.8 Å². The predicted octanol–water partition coefficient (Wildman–Crippen LogP) is 4.76. The van der Waals surface area contributed by atoms with Crippen LogP contribution in [0.2, 0.25) is 0 Å². The molecule has 0 fully saturated rings. The lowest BCUT2D eigenvalue weighted by molar-refractivity contribution is -0.392. The van der Waals surface area contributed by atoms with Crippen molar-refractivity contribution in [3.63, 3.8) is 0 Å². The second kappa shape index (κ2) is 11.2. The van der Waals surface area contributed by atoms with E-state index in [1.807, 2.05) is 10.6 Å². The third-order valence-corrected chi connectivity index (χ3v) is 4.48. The Hall–Kier alpha value is -5.94. The Morgan fingerprint density at radius 3 is 1.05 bits per heavy atom. The van der Waals surface area contributed by atoms with Gasteiger partial charge < -0.3 is 10.6 Å². The molecule has 0 aliphatic heterocycles. The van der Waals surface area contributed by atoms with Crippen LogP contribution in [0.4, 0.5) is 45.5 Å². The van der Waals surface area contributed by atoms with E-state index in [1.165, 1.54) is 13.8 Å². The number of azo groups is 1. The van der Waals surface area contributed by atoms with Crippen LogP contribution in [0.15, 0.2) is 58.8 Å². The predicted molar refractivity (Wildman–Crippen MR) is 131 cm³/mol. The molecule has 0 radical (unpaired) electrons. The lowest BCUT2D eigenvalue weighted by atomic mass is 10.2. The summed E-state index contributed by atoms with van der Waals surface area (Å²) < 4.78 is 0. The first kappa shape index (κ1) is 28.3. The maximum Gasteiger partial charge on any atom is 0.302 e. The second-order valence-corrected chi connectivity index (χ2v) is 7.42. The number of nitrogens with one attached hydrogen (secondary N) is 2. The summed E-state index contributed by atoms with van der Waals surface area (Å²) in [6, 6.07) is 2.87. The smallest absolute Gasteiger partial charge is 0.302 e. The number of benzene rings is 2. The summed E-state index contributed by atoms with van der Waals surface area (Å²) in [6.45, 7) is 9.22. The molecule has 2 aromatic rings. The number of carbonyl (C=O) groups excluding carboxylic acids is 2. The van der Waals surface area contributed by atoms with Crippen molar-refractivity contribution in [2.24, 2.45) is 10.2 Å². The zero-order valence-electron chi connectivity index (χ0n) is 19.5. The van der Waals surface area contributed by atoms with Gasteiger partial charge in [0.25, 0.3) is 11.8 Å². The average Bonchev–Trinajstić information content (AvgIpc) is 2.82. The van der Waals surface area contributed by atoms with Gasteiger partial charge in [-0.25, -0.2) is 0 Å². The van der Waals surface area contributed by atoms with Crippen molar-refractivity contribution in [3.8, 4) is 0 Å². The molecule has 2 N–H and O–H groups in total. The second-order valence-electron chi connectivity index (χ2n) is 7.42. The Bertz CT molecular complexity index is 1300. The Kier molecular flexibility index (Phi) is 8.34. The van der Waals surface area contributed by atoms with Crippen LogP contribution >= 0.6 is 0 Å². The van der Waals surface area contributed by atoms with Gasteiger partial charge in [0, 0.05) is 35.4 Å². The molecule has 2 aromatic carbocycles. The first-order chi connectivity index (χ1) is 17.6. The van der Waals surface area contributed by atoms with Crippen molar-refractivity contribution >= 4 is 57.3 Å². The fourth-order valence-electron chi connectivity index (χ4n) is 2.70. The number of anilines is 2. The van der Waals surface area contributed by atoms with Crippen LogP contribution in [0.3, 0.4) is 0 Å². The molecule has 2 amide bonds. The van der Waals surface area contributed by atoms with E-state index in [1.54, 1.807) is 0 Å². The standard InChI is InChI=1S/C20H16N8O10/c1-9(2)19(29)21-17-13(25(31)32)5-11(6-14(17)26(33)34)23-24-12-7-15(27(35)36)18(16(8-12)28(37)38)22-20(30)10(3)4/h5-8H,1,3H2,2,4H3,(H,21,29)(H,22,30). The topological polar surface area (TPSA) is 255 Å². The summed E-state index contributed by atoms with van der Waals surface area (Å²) in [5, 5.41) is 57.3. The van der Waals surface area contributed by atoms with Gasteiger partial charge in [-0.15, -0.1) is 0 Å². The first-order valence-electron chi connectivity index (χ1n) is 9.93. The molecule has 0 aliphatic carbocycles. The maximum atomic E-state index is 11.9. The van der Waals surface area contributed by atoms with Gasteiger partial charge in [0.15, 0.2) is 11.4 Å². The van der Waals surface area contributed by atoms with Crippen molar-refractivity contribution in [3.05, 3.63) is 89.0 Å². The number of nitro groups is 4. The summed E-state index contributed by atoms with van der Waals surface area (Å²) in [5.41, 5.74) is -6.42. The number of amides is 2. The molecule has 0 bridgehead atoms. The van der Waals surface area contributed by atoms with E-state index >= 15 is 0 Å². The van der Waals surface area contributed by atoms with Crippen molar-refractivity contribution in [2.45, 2.75) is 13.8 Å². The Balaban J connectivity index is 2.69. The molecule has 18 heteroatoms. The molecule has 0 saturated carbocycles. The van der Waals surface area contributed by atoms with Crippen LogP contribution in [0.5, 0.6) is 0 Å². The molecule has 0 aliphatic rings. The molecule has 38 heavy (non-hydrogen) atoms. The number of hydrogen-bond donors (Lipinski definition) is 2. The van der Waals surface area contributed by atoms with Gasteiger partial charge in [0.05, 0.1) is 31.1 Å². The molecule has 0 spiro atoms. The SMILES string of the molecule is C=C(C)C(=O)Nc1c([N+](=O)[O-])cc(N=Nc2cc([N+](=O)[O-])c(NC(=O)C(=C)C)c([N+](=O)[O-])c2)cc1[N+](=O)[O-]. The summed E-state index contributed by atoms with van der Waals surface area (Å²) in [5.74, 6) is -1.85. The van der Waals surface area contributed by atoms with E-state index in [9.17, 15) is 50.0 Å². The van der Waals surface area contributed by atoms with Crippen LogP contribution in [0, 0.1) is 40.5 Å². The maximum absolute atomic E-state index is 11.9. The average molecular weight is 528 g/mol. The number of nitro benzene ring substituents is 4. The zero-order valence-corrected chi connectivity index (χ0v) is 19.5. The van der Waals surface area contributed by atoms with E-state index in [4.69, 9.17) is 0 Å². The van der Waals surface area contributed by atoms with Gasteiger partial charge in [0.1, 0.15) is 0 Å². The number of rotatable bonds is 10. The number of hydrogen-bond acceptors (Lipinski definition) is 12. The summed E-state index contributed by atoms with van der Waals surface area (Å²) in [6.07, 6.45) is 0. The molecule has 196 valence electrons. The van der Waals surface area contributed by atoms with Gasteiger partial charge in [-0.2, -0.15) is 10.2 Å². The van der Waals surface area contributed by atoms with Crippen LogP contribution < -0.4 is 10.6 Å². The highest BCUT2D eigenvalue weighted by molar-refractivity contribution is 6.06. The molecular formula is C20H16N8O10. The first-order valence-corrected chi connectivity index (χ1v) is 9.93. The van der Waals surface area contributed by atoms with Crippen LogP contribution in [0.25, 0.3) is 0 Å². The fourth-order valence-corrected chi connectivity index (χ4v) is 2.70. The van der Waals surface area contributed by atoms with Gasteiger partial charge >= 0.3 is 22.7 Å². The van der Waals surface area contributed by atoms with E-state index in [-0.39, 0.29) is 11.1 Å². The number of carbonyl (C=O) groups is 2.